The largest absolute Gasteiger partial charge is 0.411 e. The van der Waals surface area contributed by atoms with Gasteiger partial charge in [-0.05, 0) is 87.2 Å². The van der Waals surface area contributed by atoms with Crippen LogP contribution in [0.15, 0.2) is 71.0 Å². The molecule has 43 heavy (non-hydrogen) atoms. The summed E-state index contributed by atoms with van der Waals surface area (Å²) in [6.07, 6.45) is 13.0. The highest BCUT2D eigenvalue weighted by molar-refractivity contribution is 5.63. The van der Waals surface area contributed by atoms with Crippen LogP contribution in [-0.4, -0.2) is 52.2 Å². The third-order valence-corrected chi connectivity index (χ3v) is 12.0. The maximum atomic E-state index is 11.4. The van der Waals surface area contributed by atoms with E-state index in [1.807, 2.05) is 12.3 Å². The van der Waals surface area contributed by atoms with Crippen LogP contribution in [0.4, 0.5) is 0 Å². The fraction of sp³-hybridized carbons (Fsp3) is 0.611. The molecular formula is C36H51N3O4. The first kappa shape index (κ1) is 31.7. The molecule has 4 saturated carbocycles. The quantitative estimate of drug-likeness (QED) is 0.125. The summed E-state index contributed by atoms with van der Waals surface area (Å²) in [7, 11) is 0. The Labute approximate surface area is 257 Å². The van der Waals surface area contributed by atoms with Crippen LogP contribution in [0.25, 0.3) is 0 Å². The van der Waals surface area contributed by atoms with Gasteiger partial charge in [0.1, 0.15) is 6.61 Å². The minimum absolute atomic E-state index is 0.103. The zero-order chi connectivity index (χ0) is 30.6. The smallest absolute Gasteiger partial charge is 0.129 e. The Morgan fingerprint density at radius 3 is 1.65 bits per heavy atom. The minimum Gasteiger partial charge on any atom is -0.411 e. The second kappa shape index (κ2) is 13.1. The second-order valence-corrected chi connectivity index (χ2v) is 14.0. The summed E-state index contributed by atoms with van der Waals surface area (Å²) in [5, 5.41) is 38.6. The van der Waals surface area contributed by atoms with Crippen molar-refractivity contribution in [3.63, 3.8) is 0 Å². The molecule has 0 saturated heterocycles. The Kier molecular flexibility index (Phi) is 9.64. The van der Waals surface area contributed by atoms with Crippen LogP contribution in [0.3, 0.4) is 0 Å². The van der Waals surface area contributed by atoms with E-state index in [1.54, 1.807) is 6.21 Å². The van der Waals surface area contributed by atoms with Crippen molar-refractivity contribution < 1.29 is 20.3 Å². The molecule has 0 radical (unpaired) electrons. The van der Waals surface area contributed by atoms with E-state index in [1.165, 1.54) is 11.1 Å². The Morgan fingerprint density at radius 2 is 1.21 bits per heavy atom. The van der Waals surface area contributed by atoms with E-state index in [-0.39, 0.29) is 22.7 Å². The Morgan fingerprint density at radius 1 is 0.744 bits per heavy atom. The number of benzene rings is 2. The zero-order valence-corrected chi connectivity index (χ0v) is 25.9. The number of hydrogen-bond acceptors (Lipinski definition) is 7. The lowest BCUT2D eigenvalue weighted by Crippen LogP contribution is -2.49. The fourth-order valence-corrected chi connectivity index (χ4v) is 8.96. The number of aliphatic hydroxyl groups is 2. The van der Waals surface area contributed by atoms with Gasteiger partial charge in [0.05, 0.1) is 11.2 Å². The lowest BCUT2D eigenvalue weighted by atomic mass is 9.59. The normalized spacial score (nSPS) is 38.8. The zero-order valence-electron chi connectivity index (χ0n) is 25.9. The SMILES string of the molecule is C[C@]12CC[C@H](c3ccccc3)C[C@@]1(O)CC[C@@H]2C=NO.C[C@]12CC[C@H](c3ccccc3)C[C@@]1(O)CC[C@@H]2C=NOCCN. The van der Waals surface area contributed by atoms with Crippen LogP contribution < -0.4 is 5.73 Å². The molecule has 0 unspecified atom stereocenters. The molecule has 0 aliphatic heterocycles. The van der Waals surface area contributed by atoms with Crippen LogP contribution >= 0.6 is 0 Å². The van der Waals surface area contributed by atoms with Gasteiger partial charge in [-0.1, -0.05) is 79.7 Å². The van der Waals surface area contributed by atoms with E-state index in [2.05, 4.69) is 78.8 Å². The number of nitrogens with zero attached hydrogens (tertiary/aromatic N) is 2. The Balaban J connectivity index is 0.000000173. The van der Waals surface area contributed by atoms with Gasteiger partial charge in [0.15, 0.2) is 0 Å². The van der Waals surface area contributed by atoms with Crippen molar-refractivity contribution >= 4 is 12.4 Å². The van der Waals surface area contributed by atoms with Crippen molar-refractivity contribution in [2.24, 2.45) is 38.7 Å². The first-order valence-corrected chi connectivity index (χ1v) is 16.3. The highest BCUT2D eigenvalue weighted by Crippen LogP contribution is 2.61. The molecule has 0 bridgehead atoms. The molecule has 0 heterocycles. The summed E-state index contributed by atoms with van der Waals surface area (Å²) in [5.41, 5.74) is 6.62. The van der Waals surface area contributed by atoms with Gasteiger partial charge in [0.25, 0.3) is 0 Å². The van der Waals surface area contributed by atoms with Gasteiger partial charge in [0, 0.05) is 41.6 Å². The molecule has 2 aromatic rings. The number of nitrogens with two attached hydrogens (primary N) is 1. The van der Waals surface area contributed by atoms with Crippen molar-refractivity contribution in [3.8, 4) is 0 Å². The summed E-state index contributed by atoms with van der Waals surface area (Å²) < 4.78 is 0. The summed E-state index contributed by atoms with van der Waals surface area (Å²) in [4.78, 5) is 5.16. The maximum absolute atomic E-state index is 11.4. The summed E-state index contributed by atoms with van der Waals surface area (Å²) >= 11 is 0. The molecule has 4 aliphatic carbocycles. The van der Waals surface area contributed by atoms with Crippen molar-refractivity contribution in [3.05, 3.63) is 71.8 Å². The molecule has 5 N–H and O–H groups in total. The van der Waals surface area contributed by atoms with Crippen LogP contribution in [0.2, 0.25) is 0 Å². The van der Waals surface area contributed by atoms with E-state index in [0.29, 0.717) is 25.0 Å². The molecule has 0 amide bonds. The van der Waals surface area contributed by atoms with Crippen molar-refractivity contribution in [2.45, 2.75) is 101 Å². The third kappa shape index (κ3) is 6.13. The molecule has 7 nitrogen and oxygen atoms in total. The molecule has 4 aliphatic rings. The van der Waals surface area contributed by atoms with Gasteiger partial charge in [0.2, 0.25) is 0 Å². The van der Waals surface area contributed by atoms with Crippen LogP contribution in [0, 0.1) is 22.7 Å². The average Bonchev–Trinajstić information content (AvgIpc) is 3.44. The summed E-state index contributed by atoms with van der Waals surface area (Å²) in [6.45, 7) is 5.30. The molecule has 0 spiro atoms. The number of hydrogen-bond donors (Lipinski definition) is 4. The van der Waals surface area contributed by atoms with E-state index < -0.39 is 11.2 Å². The molecule has 7 heteroatoms. The number of fused-ring (bicyclic) bond motifs is 2. The lowest BCUT2D eigenvalue weighted by molar-refractivity contribution is -0.0960. The highest BCUT2D eigenvalue weighted by Gasteiger charge is 2.59. The van der Waals surface area contributed by atoms with E-state index in [0.717, 1.165) is 64.2 Å². The molecule has 2 aromatic carbocycles. The Bertz CT molecular complexity index is 1240. The molecule has 6 rings (SSSR count). The fourth-order valence-electron chi connectivity index (χ4n) is 8.96. The monoisotopic (exact) mass is 589 g/mol. The van der Waals surface area contributed by atoms with Crippen LogP contribution in [0.5, 0.6) is 0 Å². The predicted molar refractivity (Wildman–Crippen MR) is 171 cm³/mol. The van der Waals surface area contributed by atoms with Gasteiger partial charge in [-0.2, -0.15) is 0 Å². The van der Waals surface area contributed by atoms with Gasteiger partial charge in [-0.15, -0.1) is 5.16 Å². The number of rotatable bonds is 7. The van der Waals surface area contributed by atoms with Crippen LogP contribution in [0.1, 0.15) is 101 Å². The minimum atomic E-state index is -0.627. The third-order valence-electron chi connectivity index (χ3n) is 12.0. The van der Waals surface area contributed by atoms with Crippen LogP contribution in [-0.2, 0) is 4.84 Å². The maximum Gasteiger partial charge on any atom is 0.129 e. The van der Waals surface area contributed by atoms with E-state index in [4.69, 9.17) is 15.8 Å². The molecule has 0 aromatic heterocycles. The second-order valence-electron chi connectivity index (χ2n) is 14.0. The standard InChI is InChI=1S/C19H28N2O2.C17H23NO2/c1-18-9-7-16(15-5-3-2-4-6-15)13-19(18,22)10-8-17(18)14-21-23-12-11-20;1-16-9-7-14(13-5-3-2-4-6-13)11-17(16,19)10-8-15(16)12-18-20/h2-6,14,16-17,22H,7-13,20H2,1H3;2-6,12,14-15,19-20H,7-11H2,1H3/t16-,17+,18+,19-;14-,15+,16+,17-/m00/s1. The van der Waals surface area contributed by atoms with Crippen molar-refractivity contribution in [2.75, 3.05) is 13.2 Å². The average molecular weight is 590 g/mol. The molecule has 234 valence electrons. The van der Waals surface area contributed by atoms with Crippen molar-refractivity contribution in [1.82, 2.24) is 0 Å². The molecule has 4 fully saturated rings. The Hall–Kier alpha value is -2.74. The highest BCUT2D eigenvalue weighted by atomic mass is 16.6. The summed E-state index contributed by atoms with van der Waals surface area (Å²) in [5.74, 6) is 1.37. The van der Waals surface area contributed by atoms with Gasteiger partial charge in [-0.3, -0.25) is 0 Å². The lowest BCUT2D eigenvalue weighted by Gasteiger charge is -2.48. The molecule has 8 atom stereocenters. The summed E-state index contributed by atoms with van der Waals surface area (Å²) in [6, 6.07) is 21.1. The van der Waals surface area contributed by atoms with Crippen molar-refractivity contribution in [1.29, 1.82) is 0 Å². The van der Waals surface area contributed by atoms with E-state index >= 15 is 0 Å². The first-order chi connectivity index (χ1) is 20.7. The van der Waals surface area contributed by atoms with E-state index in [9.17, 15) is 10.2 Å². The first-order valence-electron chi connectivity index (χ1n) is 16.3. The van der Waals surface area contributed by atoms with Gasteiger partial charge >= 0.3 is 0 Å². The number of oxime groups is 2. The predicted octanol–water partition coefficient (Wildman–Crippen LogP) is 6.62. The molecular weight excluding hydrogens is 538 g/mol. The topological polar surface area (TPSA) is 121 Å². The van der Waals surface area contributed by atoms with Gasteiger partial charge < -0.3 is 26.0 Å². The van der Waals surface area contributed by atoms with Gasteiger partial charge in [-0.25, -0.2) is 0 Å².